The number of nitrogens with one attached hydrogen (secondary N) is 3. The molecule has 32 heavy (non-hydrogen) atoms. The van der Waals surface area contributed by atoms with E-state index in [1.165, 1.54) is 19.3 Å². The minimum absolute atomic E-state index is 0.435. The van der Waals surface area contributed by atoms with Crippen molar-refractivity contribution in [3.8, 4) is 11.4 Å². The van der Waals surface area contributed by atoms with E-state index in [2.05, 4.69) is 30.1 Å². The van der Waals surface area contributed by atoms with Crippen LogP contribution < -0.4 is 14.9 Å². The molecule has 0 aliphatic carbocycles. The number of amides is 1. The van der Waals surface area contributed by atoms with Gasteiger partial charge in [-0.15, -0.1) is 0 Å². The topological polar surface area (TPSA) is 120 Å². The van der Waals surface area contributed by atoms with E-state index in [-0.39, 0.29) is 0 Å². The fourth-order valence-corrected chi connectivity index (χ4v) is 4.64. The summed E-state index contributed by atoms with van der Waals surface area (Å²) in [5, 5.41) is 9.46. The van der Waals surface area contributed by atoms with Gasteiger partial charge in [-0.3, -0.25) is 14.6 Å². The Morgan fingerprint density at radius 2 is 1.66 bits per heavy atom. The van der Waals surface area contributed by atoms with Crippen molar-refractivity contribution >= 4 is 33.0 Å². The van der Waals surface area contributed by atoms with Crippen LogP contribution in [-0.2, 0) is 14.8 Å². The van der Waals surface area contributed by atoms with Crippen LogP contribution in [0.2, 0.25) is 0 Å². The van der Waals surface area contributed by atoms with Gasteiger partial charge in [-0.1, -0.05) is 0 Å². The highest BCUT2D eigenvalue weighted by atomic mass is 32.2. The number of rotatable bonds is 7. The van der Waals surface area contributed by atoms with Crippen LogP contribution in [0.1, 0.15) is 25.1 Å². The van der Waals surface area contributed by atoms with Crippen molar-refractivity contribution in [2.24, 2.45) is 0 Å². The van der Waals surface area contributed by atoms with Gasteiger partial charge in [0.15, 0.2) is 5.82 Å². The second-order valence-electron chi connectivity index (χ2n) is 7.83. The minimum Gasteiger partial charge on any atom is -0.372 e. The third-order valence-corrected chi connectivity index (χ3v) is 6.40. The Bertz CT molecular complexity index is 1170. The molecule has 0 bridgehead atoms. The molecule has 4 rings (SSSR count). The Hall–Kier alpha value is -3.40. The Labute approximate surface area is 187 Å². The molecule has 1 fully saturated rings. The van der Waals surface area contributed by atoms with E-state index in [1.54, 1.807) is 36.4 Å². The van der Waals surface area contributed by atoms with Gasteiger partial charge in [-0.25, -0.2) is 13.4 Å². The Morgan fingerprint density at radius 1 is 1.00 bits per heavy atom. The van der Waals surface area contributed by atoms with Gasteiger partial charge in [0.2, 0.25) is 15.9 Å². The zero-order valence-corrected chi connectivity index (χ0v) is 18.7. The first-order valence-electron chi connectivity index (χ1n) is 10.5. The molecule has 2 heterocycles. The highest BCUT2D eigenvalue weighted by molar-refractivity contribution is 7.93. The lowest BCUT2D eigenvalue weighted by Crippen LogP contribution is -2.29. The lowest BCUT2D eigenvalue weighted by Gasteiger charge is -2.28. The first-order chi connectivity index (χ1) is 15.4. The minimum atomic E-state index is -3.84. The number of carbonyl (C=O) groups excluding carboxylic acids is 1. The van der Waals surface area contributed by atoms with E-state index in [9.17, 15) is 13.2 Å². The third kappa shape index (κ3) is 5.64. The van der Waals surface area contributed by atoms with E-state index in [4.69, 9.17) is 0 Å². The molecule has 0 spiro atoms. The first-order valence-corrected chi connectivity index (χ1v) is 12.2. The number of hydrogen-bond donors (Lipinski definition) is 3. The molecule has 1 amide bonds. The summed E-state index contributed by atoms with van der Waals surface area (Å²) in [6, 6.07) is 14.1. The lowest BCUT2D eigenvalue weighted by atomic mass is 10.1. The van der Waals surface area contributed by atoms with Crippen molar-refractivity contribution < 1.29 is 13.2 Å². The zero-order chi connectivity index (χ0) is 22.6. The van der Waals surface area contributed by atoms with Crippen molar-refractivity contribution in [1.82, 2.24) is 15.2 Å². The summed E-state index contributed by atoms with van der Waals surface area (Å²) < 4.78 is 27.3. The summed E-state index contributed by atoms with van der Waals surface area (Å²) in [4.78, 5) is 18.8. The van der Waals surface area contributed by atoms with E-state index in [1.807, 2.05) is 19.1 Å². The highest BCUT2D eigenvalue weighted by Gasteiger charge is 2.17. The summed E-state index contributed by atoms with van der Waals surface area (Å²) in [6.45, 7) is 3.84. The number of sulfonamides is 1. The quantitative estimate of drug-likeness (QED) is 0.504. The van der Waals surface area contributed by atoms with Crippen molar-refractivity contribution in [2.45, 2.75) is 26.2 Å². The molecule has 3 aromatic rings. The maximum absolute atomic E-state index is 12.4. The number of aromatic amines is 1. The van der Waals surface area contributed by atoms with Crippen molar-refractivity contribution in [3.05, 3.63) is 54.4 Å². The molecule has 0 saturated carbocycles. The van der Waals surface area contributed by atoms with Crippen LogP contribution in [0.3, 0.4) is 0 Å². The van der Waals surface area contributed by atoms with Gasteiger partial charge in [0.1, 0.15) is 11.6 Å². The summed E-state index contributed by atoms with van der Waals surface area (Å²) >= 11 is 0. The number of hydrogen-bond acceptors (Lipinski definition) is 6. The molecule has 10 heteroatoms. The SMILES string of the molecule is Cc1nc(-c2ccc(NC(=O)CS(=O)(=O)Nc3ccc(N4CCCCC4)cc3)cc2)n[nH]1. The molecule has 168 valence electrons. The van der Waals surface area contributed by atoms with Crippen LogP contribution >= 0.6 is 0 Å². The van der Waals surface area contributed by atoms with Crippen LogP contribution in [0, 0.1) is 6.92 Å². The second-order valence-corrected chi connectivity index (χ2v) is 9.55. The van der Waals surface area contributed by atoms with Gasteiger partial charge in [0.25, 0.3) is 0 Å². The number of aryl methyl sites for hydroxylation is 1. The number of aromatic nitrogens is 3. The average molecular weight is 455 g/mol. The molecular weight excluding hydrogens is 428 g/mol. The zero-order valence-electron chi connectivity index (χ0n) is 17.8. The summed E-state index contributed by atoms with van der Waals surface area (Å²) in [5.74, 6) is -0.0402. The molecule has 0 radical (unpaired) electrons. The number of benzene rings is 2. The molecule has 1 aliphatic rings. The predicted octanol–water partition coefficient (Wildman–Crippen LogP) is 3.15. The van der Waals surface area contributed by atoms with Crippen molar-refractivity contribution in [1.29, 1.82) is 0 Å². The van der Waals surface area contributed by atoms with Crippen molar-refractivity contribution in [2.75, 3.05) is 33.8 Å². The maximum Gasteiger partial charge on any atom is 0.241 e. The maximum atomic E-state index is 12.4. The molecule has 3 N–H and O–H groups in total. The third-order valence-electron chi connectivity index (χ3n) is 5.21. The van der Waals surface area contributed by atoms with Gasteiger partial charge in [0.05, 0.1) is 0 Å². The molecule has 9 nitrogen and oxygen atoms in total. The first kappa shape index (κ1) is 21.8. The van der Waals surface area contributed by atoms with Gasteiger partial charge in [-0.05, 0) is 74.7 Å². The molecule has 1 aromatic heterocycles. The fraction of sp³-hybridized carbons (Fsp3) is 0.318. The van der Waals surface area contributed by atoms with E-state index < -0.39 is 21.7 Å². The van der Waals surface area contributed by atoms with Gasteiger partial charge in [-0.2, -0.15) is 5.10 Å². The Morgan fingerprint density at radius 3 is 2.28 bits per heavy atom. The standard InChI is InChI=1S/C22H26N6O3S/c1-16-23-22(26-25-16)17-5-7-18(8-6-17)24-21(29)15-32(30,31)27-19-9-11-20(12-10-19)28-13-3-2-4-14-28/h5-12,27H,2-4,13-15H2,1H3,(H,24,29)(H,23,25,26). The van der Waals surface area contributed by atoms with Gasteiger partial charge in [0, 0.05) is 35.7 Å². The normalized spacial score (nSPS) is 14.2. The molecule has 0 atom stereocenters. The number of carbonyl (C=O) groups is 1. The number of H-pyrrole nitrogens is 1. The lowest BCUT2D eigenvalue weighted by molar-refractivity contribution is -0.113. The van der Waals surface area contributed by atoms with Crippen LogP contribution in [0.25, 0.3) is 11.4 Å². The smallest absolute Gasteiger partial charge is 0.241 e. The largest absolute Gasteiger partial charge is 0.372 e. The number of nitrogens with zero attached hydrogens (tertiary/aromatic N) is 3. The number of anilines is 3. The highest BCUT2D eigenvalue weighted by Crippen LogP contribution is 2.22. The Kier molecular flexibility index (Phi) is 6.40. The summed E-state index contributed by atoms with van der Waals surface area (Å²) in [7, 11) is -3.84. The predicted molar refractivity (Wildman–Crippen MR) is 125 cm³/mol. The second kappa shape index (κ2) is 9.39. The van der Waals surface area contributed by atoms with Gasteiger partial charge >= 0.3 is 0 Å². The fourth-order valence-electron chi connectivity index (χ4n) is 3.65. The van der Waals surface area contributed by atoms with E-state index in [0.717, 1.165) is 24.3 Å². The van der Waals surface area contributed by atoms with Crippen LogP contribution in [-0.4, -0.2) is 48.3 Å². The summed E-state index contributed by atoms with van der Waals surface area (Å²) in [5.41, 5.74) is 2.79. The molecular formula is C22H26N6O3S. The van der Waals surface area contributed by atoms with E-state index in [0.29, 0.717) is 23.0 Å². The van der Waals surface area contributed by atoms with Crippen LogP contribution in [0.15, 0.2) is 48.5 Å². The van der Waals surface area contributed by atoms with Gasteiger partial charge < -0.3 is 10.2 Å². The van der Waals surface area contributed by atoms with E-state index >= 15 is 0 Å². The summed E-state index contributed by atoms with van der Waals surface area (Å²) in [6.07, 6.45) is 3.60. The average Bonchev–Trinajstić information content (AvgIpc) is 3.21. The molecule has 1 saturated heterocycles. The number of piperidine rings is 1. The van der Waals surface area contributed by atoms with Crippen LogP contribution in [0.4, 0.5) is 17.1 Å². The molecule has 1 aliphatic heterocycles. The van der Waals surface area contributed by atoms with Crippen molar-refractivity contribution in [3.63, 3.8) is 0 Å². The van der Waals surface area contributed by atoms with Crippen LogP contribution in [0.5, 0.6) is 0 Å². The Balaban J connectivity index is 1.32. The monoisotopic (exact) mass is 454 g/mol. The molecule has 2 aromatic carbocycles. The molecule has 0 unspecified atom stereocenters.